The lowest BCUT2D eigenvalue weighted by Crippen LogP contribution is -2.37. The maximum atomic E-state index is 11.8. The van der Waals surface area contributed by atoms with Crippen molar-refractivity contribution in [3.63, 3.8) is 0 Å². The van der Waals surface area contributed by atoms with Gasteiger partial charge in [-0.1, -0.05) is 59.7 Å². The van der Waals surface area contributed by atoms with E-state index in [-0.39, 0.29) is 0 Å². The van der Waals surface area contributed by atoms with Crippen LogP contribution in [0.25, 0.3) is 11.1 Å². The van der Waals surface area contributed by atoms with Gasteiger partial charge in [0.15, 0.2) is 5.58 Å². The van der Waals surface area contributed by atoms with Crippen molar-refractivity contribution in [2.75, 3.05) is 45.9 Å². The van der Waals surface area contributed by atoms with E-state index in [1.165, 1.54) is 19.8 Å². The van der Waals surface area contributed by atoms with Crippen LogP contribution in [0.5, 0.6) is 11.5 Å². The number of carbonyl (C=O) groups is 2. The standard InChI is InChI=1S/C22H25N3O5.C22H28N2O4/c1-15(24-28-3)18(21(26)27)14-16-8-10-17(11-9-16)29-13-12-25(2)22-23-19-6-4-5-7-20(19)30-22;1-5-17-6-9-19(23-15-17)12-13-28-20-10-7-18(8-11-20)14-22(3,21(25)26)16(2)24-27-4/h4-11,18H,12-14H2,1-3H3,(H,26,27);6-11,15H,5,12-14H2,1-4H3,(H,25,26). The van der Waals surface area contributed by atoms with Crippen molar-refractivity contribution in [3.05, 3.63) is 114 Å². The van der Waals surface area contributed by atoms with E-state index < -0.39 is 23.3 Å². The molecular weight excluding hydrogens is 743 g/mol. The van der Waals surface area contributed by atoms with E-state index in [0.717, 1.165) is 46.5 Å². The molecule has 2 aromatic heterocycles. The van der Waals surface area contributed by atoms with Crippen molar-refractivity contribution in [1.29, 1.82) is 0 Å². The summed E-state index contributed by atoms with van der Waals surface area (Å²) in [6.07, 6.45) is 4.26. The molecule has 308 valence electrons. The van der Waals surface area contributed by atoms with Crippen LogP contribution in [0, 0.1) is 11.3 Å². The Morgan fingerprint density at radius 2 is 1.47 bits per heavy atom. The van der Waals surface area contributed by atoms with E-state index in [9.17, 15) is 19.8 Å². The Balaban J connectivity index is 0.000000257. The van der Waals surface area contributed by atoms with Gasteiger partial charge in [-0.25, -0.2) is 0 Å². The number of rotatable bonds is 20. The quantitative estimate of drug-likeness (QED) is 0.0585. The summed E-state index contributed by atoms with van der Waals surface area (Å²) in [7, 11) is 4.70. The second-order valence-corrected chi connectivity index (χ2v) is 13.8. The highest BCUT2D eigenvalue weighted by atomic mass is 16.6. The van der Waals surface area contributed by atoms with Gasteiger partial charge in [-0.05, 0) is 99.2 Å². The zero-order valence-corrected chi connectivity index (χ0v) is 34.2. The Morgan fingerprint density at radius 3 is 2.03 bits per heavy atom. The Morgan fingerprint density at radius 1 is 0.845 bits per heavy atom. The van der Waals surface area contributed by atoms with Crippen molar-refractivity contribution < 1.29 is 43.4 Å². The number of nitrogens with zero attached hydrogens (tertiary/aromatic N) is 5. The molecule has 0 saturated carbocycles. The number of carboxylic acids is 2. The smallest absolute Gasteiger partial charge is 0.315 e. The fraction of sp³-hybridized carbons (Fsp3) is 0.364. The molecule has 5 aromatic rings. The summed E-state index contributed by atoms with van der Waals surface area (Å²) in [6, 6.07) is 27.1. The molecule has 2 N–H and O–H groups in total. The van der Waals surface area contributed by atoms with Gasteiger partial charge in [-0.15, -0.1) is 0 Å². The first-order valence-corrected chi connectivity index (χ1v) is 18.9. The Kier molecular flexibility index (Phi) is 16.6. The molecule has 2 heterocycles. The largest absolute Gasteiger partial charge is 0.493 e. The second-order valence-electron chi connectivity index (χ2n) is 13.8. The number of hydrogen-bond acceptors (Lipinski definition) is 12. The van der Waals surface area contributed by atoms with Crippen LogP contribution in [0.4, 0.5) is 6.01 Å². The minimum absolute atomic E-state index is 0.314. The average molecular weight is 796 g/mol. The number of aromatic nitrogens is 2. The maximum Gasteiger partial charge on any atom is 0.315 e. The van der Waals surface area contributed by atoms with Crippen LogP contribution in [0.3, 0.4) is 0 Å². The van der Waals surface area contributed by atoms with E-state index in [1.807, 2.05) is 97.0 Å². The average Bonchev–Trinajstić information content (AvgIpc) is 3.66. The maximum absolute atomic E-state index is 11.8. The number of oxime groups is 2. The summed E-state index contributed by atoms with van der Waals surface area (Å²) >= 11 is 0. The highest BCUT2D eigenvalue weighted by Gasteiger charge is 2.37. The number of aliphatic carboxylic acids is 2. The normalized spacial score (nSPS) is 13.1. The van der Waals surface area contributed by atoms with E-state index >= 15 is 0 Å². The lowest BCUT2D eigenvalue weighted by Gasteiger charge is -2.24. The highest BCUT2D eigenvalue weighted by molar-refractivity contribution is 6.04. The molecule has 58 heavy (non-hydrogen) atoms. The van der Waals surface area contributed by atoms with Gasteiger partial charge in [-0.3, -0.25) is 14.6 Å². The highest BCUT2D eigenvalue weighted by Crippen LogP contribution is 2.27. The molecule has 3 aromatic carbocycles. The molecule has 5 rings (SSSR count). The number of ether oxygens (including phenoxy) is 2. The summed E-state index contributed by atoms with van der Waals surface area (Å²) in [5.74, 6) is -1.16. The van der Waals surface area contributed by atoms with Crippen molar-refractivity contribution in [1.82, 2.24) is 9.97 Å². The first-order valence-electron chi connectivity index (χ1n) is 18.9. The third kappa shape index (κ3) is 12.8. The summed E-state index contributed by atoms with van der Waals surface area (Å²) in [4.78, 5) is 43.5. The molecule has 2 unspecified atom stereocenters. The minimum atomic E-state index is -1.13. The van der Waals surface area contributed by atoms with E-state index in [0.29, 0.717) is 55.8 Å². The number of oxazole rings is 1. The molecule has 2 atom stereocenters. The SMILES string of the molecule is CCc1ccc(CCOc2ccc(CC(C)(C(=O)O)C(C)=NOC)cc2)nc1.CON=C(C)C(Cc1ccc(OCCN(C)c2nc3ccccc3o2)cc1)C(=O)O. The third-order valence-corrected chi connectivity index (χ3v) is 9.61. The van der Waals surface area contributed by atoms with Crippen LogP contribution in [-0.2, 0) is 44.9 Å². The number of benzene rings is 3. The number of likely N-dealkylation sites (N-methyl/N-ethyl adjacent to an activating group) is 1. The van der Waals surface area contributed by atoms with Gasteiger partial charge in [0.25, 0.3) is 6.01 Å². The van der Waals surface area contributed by atoms with Crippen LogP contribution in [-0.4, -0.2) is 84.6 Å². The molecule has 0 saturated heterocycles. The topological polar surface area (TPSA) is 178 Å². The second kappa shape index (κ2) is 21.8. The van der Waals surface area contributed by atoms with Gasteiger partial charge in [0.1, 0.15) is 49.2 Å². The monoisotopic (exact) mass is 795 g/mol. The number of hydrogen-bond donors (Lipinski definition) is 2. The van der Waals surface area contributed by atoms with Gasteiger partial charge < -0.3 is 38.7 Å². The van der Waals surface area contributed by atoms with Gasteiger partial charge in [0.2, 0.25) is 0 Å². The summed E-state index contributed by atoms with van der Waals surface area (Å²) in [6.45, 7) is 8.64. The summed E-state index contributed by atoms with van der Waals surface area (Å²) in [5.41, 5.74) is 5.27. The predicted octanol–water partition coefficient (Wildman–Crippen LogP) is 7.53. The van der Waals surface area contributed by atoms with Gasteiger partial charge in [0, 0.05) is 25.4 Å². The Bertz CT molecular complexity index is 2080. The predicted molar refractivity (Wildman–Crippen MR) is 223 cm³/mol. The molecule has 0 aliphatic heterocycles. The van der Waals surface area contributed by atoms with Crippen LogP contribution < -0.4 is 14.4 Å². The first-order chi connectivity index (χ1) is 27.9. The molecule has 14 heteroatoms. The van der Waals surface area contributed by atoms with Crippen LogP contribution in [0.1, 0.15) is 50.1 Å². The molecule has 0 fully saturated rings. The number of pyridine rings is 1. The number of fused-ring (bicyclic) bond motifs is 1. The minimum Gasteiger partial charge on any atom is -0.493 e. The Hall–Kier alpha value is -6.44. The zero-order valence-electron chi connectivity index (χ0n) is 34.2. The van der Waals surface area contributed by atoms with Crippen molar-refractivity contribution in [2.45, 2.75) is 53.4 Å². The van der Waals surface area contributed by atoms with Crippen molar-refractivity contribution in [3.8, 4) is 11.5 Å². The molecule has 0 radical (unpaired) electrons. The number of para-hydroxylation sites is 2. The van der Waals surface area contributed by atoms with Gasteiger partial charge in [-0.2, -0.15) is 4.98 Å². The fourth-order valence-corrected chi connectivity index (χ4v) is 5.79. The van der Waals surface area contributed by atoms with Crippen molar-refractivity contribution in [2.24, 2.45) is 21.6 Å². The van der Waals surface area contributed by atoms with E-state index in [1.54, 1.807) is 20.8 Å². The molecule has 0 amide bonds. The van der Waals surface area contributed by atoms with Crippen LogP contribution in [0.2, 0.25) is 0 Å². The number of aryl methyl sites for hydroxylation is 1. The molecule has 14 nitrogen and oxygen atoms in total. The van der Waals surface area contributed by atoms with Crippen LogP contribution >= 0.6 is 0 Å². The van der Waals surface area contributed by atoms with Gasteiger partial charge >= 0.3 is 11.9 Å². The lowest BCUT2D eigenvalue weighted by atomic mass is 9.80. The van der Waals surface area contributed by atoms with E-state index in [4.69, 9.17) is 23.6 Å². The molecule has 0 aliphatic carbocycles. The fourth-order valence-electron chi connectivity index (χ4n) is 5.79. The molecule has 0 aliphatic rings. The van der Waals surface area contributed by atoms with Crippen LogP contribution in [0.15, 0.2) is 106 Å². The molecule has 0 bridgehead atoms. The lowest BCUT2D eigenvalue weighted by molar-refractivity contribution is -0.144. The number of carboxylic acid groups (broad SMARTS) is 2. The first kappa shape index (κ1) is 44.3. The molecule has 0 spiro atoms. The molecular formula is C44H53N5O9. The third-order valence-electron chi connectivity index (χ3n) is 9.61. The summed E-state index contributed by atoms with van der Waals surface area (Å²) in [5, 5.41) is 26.6. The van der Waals surface area contributed by atoms with Gasteiger partial charge in [0.05, 0.1) is 24.6 Å². The summed E-state index contributed by atoms with van der Waals surface area (Å²) < 4.78 is 17.3. The van der Waals surface area contributed by atoms with E-state index in [2.05, 4.69) is 33.3 Å². The zero-order chi connectivity index (χ0) is 42.1. The van der Waals surface area contributed by atoms with Crippen molar-refractivity contribution >= 4 is 40.5 Å². The number of anilines is 1. The Labute approximate surface area is 339 Å².